The average molecular weight is 882 g/mol. The highest BCUT2D eigenvalue weighted by molar-refractivity contribution is 6.89. The Balaban J connectivity index is 1.26. The molecule has 0 saturated heterocycles. The minimum absolute atomic E-state index is 0.514. The molecular weight excluding hydrogens is 831 g/mol. The Morgan fingerprint density at radius 3 is 1.88 bits per heavy atom. The number of para-hydroxylation sites is 4. The van der Waals surface area contributed by atoms with Crippen molar-refractivity contribution in [1.82, 2.24) is 4.57 Å². The standard InChI is InChI=1S/C62H51N3OSi/c1-40(2)36-45-38-55-50-37-44(41-20-9-6-10-21-41)32-34-51(50)62(63(55)39-57(45)67(3,4)5)52-35-33-49-48-26-15-18-31-56(48)66-60(49)58(52)61-64(53-29-16-17-30-54(53)65(61)62)59-46(42-22-11-7-12-23-42)27-19-28-47(59)43-24-13-8-14-25-43/h6-35,37-40H,36H2,1-5H3/q+2. The van der Waals surface area contributed by atoms with Crippen LogP contribution in [0.4, 0.5) is 0 Å². The number of rotatable bonds is 7. The van der Waals surface area contributed by atoms with Crippen LogP contribution in [0.5, 0.6) is 0 Å². The smallest absolute Gasteiger partial charge is 0.364 e. The van der Waals surface area contributed by atoms with Crippen LogP contribution in [0.25, 0.3) is 94.7 Å². The second-order valence-corrected chi connectivity index (χ2v) is 25.0. The van der Waals surface area contributed by atoms with E-state index in [1.54, 1.807) is 0 Å². The zero-order valence-electron chi connectivity index (χ0n) is 38.6. The molecule has 0 fully saturated rings. The van der Waals surface area contributed by atoms with Crippen molar-refractivity contribution in [1.29, 1.82) is 0 Å². The molecule has 4 nitrogen and oxygen atoms in total. The van der Waals surface area contributed by atoms with Gasteiger partial charge >= 0.3 is 11.5 Å². The van der Waals surface area contributed by atoms with Gasteiger partial charge in [-0.05, 0) is 82.6 Å². The molecule has 5 heteroatoms. The predicted octanol–water partition coefficient (Wildman–Crippen LogP) is 14.1. The van der Waals surface area contributed by atoms with Crippen molar-refractivity contribution in [3.63, 3.8) is 0 Å². The van der Waals surface area contributed by atoms with Crippen LogP contribution in [-0.4, -0.2) is 12.6 Å². The van der Waals surface area contributed by atoms with E-state index in [9.17, 15) is 0 Å². The van der Waals surface area contributed by atoms with Gasteiger partial charge in [0.15, 0.2) is 22.8 Å². The lowest BCUT2D eigenvalue weighted by Gasteiger charge is -2.24. The molecule has 0 saturated carbocycles. The Bertz CT molecular complexity index is 3730. The summed E-state index contributed by atoms with van der Waals surface area (Å²) < 4.78 is 15.2. The van der Waals surface area contributed by atoms with Gasteiger partial charge in [-0.3, -0.25) is 0 Å². The quantitative estimate of drug-likeness (QED) is 0.116. The number of furan rings is 1. The molecule has 3 aromatic heterocycles. The molecule has 11 aromatic rings. The van der Waals surface area contributed by atoms with Crippen LogP contribution in [0.3, 0.4) is 0 Å². The van der Waals surface area contributed by atoms with Crippen LogP contribution in [-0.2, 0) is 12.1 Å². The van der Waals surface area contributed by atoms with Crippen molar-refractivity contribution >= 4 is 46.2 Å². The van der Waals surface area contributed by atoms with Crippen molar-refractivity contribution in [2.75, 3.05) is 0 Å². The van der Waals surface area contributed by atoms with Crippen molar-refractivity contribution in [3.05, 3.63) is 217 Å². The molecule has 5 heterocycles. The molecule has 2 aliphatic rings. The molecule has 1 spiro atoms. The third-order valence-electron chi connectivity index (χ3n) is 14.4. The van der Waals surface area contributed by atoms with Gasteiger partial charge in [0.05, 0.1) is 24.8 Å². The SMILES string of the molecule is CC(C)Cc1cc2[n+](cc1[Si](C)(C)C)C1(c3ccc(-c4ccccc4)cc3-2)c2ccc3c(oc4ccccc43)c2-c2n(-c3c(-c4ccccc4)cccc3-c3ccccc3)c3ccccc3[n+]21. The Morgan fingerprint density at radius 1 is 0.567 bits per heavy atom. The summed E-state index contributed by atoms with van der Waals surface area (Å²) in [5.74, 6) is 1.61. The molecule has 0 bridgehead atoms. The van der Waals surface area contributed by atoms with Gasteiger partial charge in [-0.15, -0.1) is 9.13 Å². The summed E-state index contributed by atoms with van der Waals surface area (Å²) in [6.07, 6.45) is 3.62. The van der Waals surface area contributed by atoms with Crippen molar-refractivity contribution < 1.29 is 13.6 Å². The minimum Gasteiger partial charge on any atom is -0.455 e. The maximum atomic E-state index is 7.24. The third-order valence-corrected chi connectivity index (χ3v) is 16.5. The summed E-state index contributed by atoms with van der Waals surface area (Å²) >= 11 is 0. The summed E-state index contributed by atoms with van der Waals surface area (Å²) in [7, 11) is -1.92. The monoisotopic (exact) mass is 881 g/mol. The van der Waals surface area contributed by atoms with Gasteiger partial charge in [0.25, 0.3) is 0 Å². The van der Waals surface area contributed by atoms with Gasteiger partial charge in [-0.25, -0.2) is 0 Å². The fourth-order valence-corrected chi connectivity index (χ4v) is 13.4. The van der Waals surface area contributed by atoms with Crippen LogP contribution in [0.1, 0.15) is 30.5 Å². The zero-order valence-corrected chi connectivity index (χ0v) is 39.6. The Hall–Kier alpha value is -7.60. The molecule has 0 radical (unpaired) electrons. The lowest BCUT2D eigenvalue weighted by Crippen LogP contribution is -2.72. The fraction of sp³-hybridized carbons (Fsp3) is 0.129. The van der Waals surface area contributed by atoms with E-state index in [0.29, 0.717) is 5.92 Å². The molecule has 0 aliphatic carbocycles. The fourth-order valence-electron chi connectivity index (χ4n) is 11.7. The number of hydrogen-bond acceptors (Lipinski definition) is 1. The lowest BCUT2D eigenvalue weighted by atomic mass is 9.87. The van der Waals surface area contributed by atoms with E-state index in [-0.39, 0.29) is 0 Å². The lowest BCUT2D eigenvalue weighted by molar-refractivity contribution is -0.944. The molecule has 2 aliphatic heterocycles. The molecule has 1 unspecified atom stereocenters. The van der Waals surface area contributed by atoms with Gasteiger partial charge in [0.2, 0.25) is 5.69 Å². The topological polar surface area (TPSA) is 25.8 Å². The molecular formula is C62H51N3OSi+2. The summed E-state index contributed by atoms with van der Waals surface area (Å²) in [6.45, 7) is 12.3. The third kappa shape index (κ3) is 5.71. The minimum atomic E-state index is -1.92. The van der Waals surface area contributed by atoms with E-state index in [1.165, 1.54) is 55.4 Å². The Morgan fingerprint density at radius 2 is 1.19 bits per heavy atom. The normalized spacial score (nSPS) is 14.9. The molecule has 0 amide bonds. The van der Waals surface area contributed by atoms with E-state index in [2.05, 4.69) is 248 Å². The molecule has 8 aromatic carbocycles. The molecule has 0 N–H and O–H groups in total. The van der Waals surface area contributed by atoms with E-state index in [0.717, 1.165) is 67.6 Å². The number of nitrogens with zero attached hydrogens (tertiary/aromatic N) is 3. The number of pyridine rings is 1. The molecule has 13 rings (SSSR count). The van der Waals surface area contributed by atoms with E-state index >= 15 is 0 Å². The van der Waals surface area contributed by atoms with E-state index in [4.69, 9.17) is 4.42 Å². The van der Waals surface area contributed by atoms with Gasteiger partial charge < -0.3 is 4.42 Å². The summed E-state index contributed by atoms with van der Waals surface area (Å²) in [4.78, 5) is 0. The summed E-state index contributed by atoms with van der Waals surface area (Å²) in [5, 5.41) is 3.74. The second kappa shape index (κ2) is 14.7. The van der Waals surface area contributed by atoms with E-state index in [1.807, 2.05) is 0 Å². The van der Waals surface area contributed by atoms with Crippen molar-refractivity contribution in [2.24, 2.45) is 5.92 Å². The number of hydrogen-bond donors (Lipinski definition) is 0. The Labute approximate surface area is 392 Å². The van der Waals surface area contributed by atoms with Crippen molar-refractivity contribution in [2.45, 2.75) is 45.6 Å². The molecule has 67 heavy (non-hydrogen) atoms. The highest BCUT2D eigenvalue weighted by Crippen LogP contribution is 2.54. The highest BCUT2D eigenvalue weighted by atomic mass is 28.3. The zero-order chi connectivity index (χ0) is 45.2. The number of aromatic nitrogens is 3. The van der Waals surface area contributed by atoms with Crippen LogP contribution in [0, 0.1) is 5.92 Å². The molecule has 322 valence electrons. The van der Waals surface area contributed by atoms with Crippen LogP contribution in [0.2, 0.25) is 19.6 Å². The average Bonchev–Trinajstić information content (AvgIpc) is 4.07. The second-order valence-electron chi connectivity index (χ2n) is 20.0. The highest BCUT2D eigenvalue weighted by Gasteiger charge is 2.67. The van der Waals surface area contributed by atoms with Gasteiger partial charge in [-0.2, -0.15) is 4.57 Å². The van der Waals surface area contributed by atoms with E-state index < -0.39 is 13.7 Å². The predicted molar refractivity (Wildman–Crippen MR) is 278 cm³/mol. The van der Waals surface area contributed by atoms with Crippen LogP contribution in [0.15, 0.2) is 205 Å². The maximum absolute atomic E-state index is 7.24. The van der Waals surface area contributed by atoms with Gasteiger partial charge in [0.1, 0.15) is 16.8 Å². The first-order valence-corrected chi connectivity index (χ1v) is 27.3. The maximum Gasteiger partial charge on any atom is 0.364 e. The summed E-state index contributed by atoms with van der Waals surface area (Å²) in [5.41, 5.74) is 19.1. The first-order chi connectivity index (χ1) is 32.7. The number of fused-ring (bicyclic) bond motifs is 16. The first kappa shape index (κ1) is 39.7. The Kier molecular flexibility index (Phi) is 8.72. The largest absolute Gasteiger partial charge is 0.455 e. The van der Waals surface area contributed by atoms with Gasteiger partial charge in [0, 0.05) is 33.2 Å². The van der Waals surface area contributed by atoms with Crippen molar-refractivity contribution in [3.8, 4) is 61.7 Å². The van der Waals surface area contributed by atoms with Crippen LogP contribution >= 0.6 is 0 Å². The van der Waals surface area contributed by atoms with Gasteiger partial charge in [-0.1, -0.05) is 179 Å². The summed E-state index contributed by atoms with van der Waals surface area (Å²) in [6, 6.07) is 71.7. The number of imidazole rings is 1. The first-order valence-electron chi connectivity index (χ1n) is 23.8. The molecule has 1 atom stereocenters. The number of benzene rings is 8. The van der Waals surface area contributed by atoms with Crippen LogP contribution < -0.4 is 14.3 Å².